The number of ketones is 1. The zero-order chi connectivity index (χ0) is 18.9. The van der Waals surface area contributed by atoms with Gasteiger partial charge in [0.15, 0.2) is 5.71 Å². The highest BCUT2D eigenvalue weighted by Crippen LogP contribution is 2.64. The summed E-state index contributed by atoms with van der Waals surface area (Å²) in [5.41, 5.74) is 0.855. The van der Waals surface area contributed by atoms with Crippen LogP contribution >= 0.6 is 0 Å². The van der Waals surface area contributed by atoms with Crippen LogP contribution in [0.3, 0.4) is 0 Å². The first-order chi connectivity index (χ1) is 12.3. The number of carbonyl (C=O) groups excluding carboxylic acids is 1. The van der Waals surface area contributed by atoms with E-state index in [1.807, 2.05) is 25.1 Å². The lowest BCUT2D eigenvalue weighted by atomic mass is 9.70. The second-order valence-electron chi connectivity index (χ2n) is 7.68. The fraction of sp³-hybridized carbons (Fsp3) is 0.526. The summed E-state index contributed by atoms with van der Waals surface area (Å²) in [6, 6.07) is 9.12. The number of fused-ring (bicyclic) bond motifs is 2. The van der Waals surface area contributed by atoms with Crippen LogP contribution in [0.1, 0.15) is 44.2 Å². The highest BCUT2D eigenvalue weighted by molar-refractivity contribution is 7.80. The van der Waals surface area contributed by atoms with E-state index in [0.717, 1.165) is 18.4 Å². The molecule has 3 rings (SSSR count). The minimum atomic E-state index is -1.83. The molecule has 138 valence electrons. The zero-order valence-electron chi connectivity index (χ0n) is 15.2. The molecule has 26 heavy (non-hydrogen) atoms. The van der Waals surface area contributed by atoms with Crippen LogP contribution in [0.4, 0.5) is 0 Å². The van der Waals surface area contributed by atoms with Crippen LogP contribution in [0, 0.1) is 35.0 Å². The van der Waals surface area contributed by atoms with Gasteiger partial charge in [-0.1, -0.05) is 48.0 Å². The van der Waals surface area contributed by atoms with Gasteiger partial charge < -0.3 is 0 Å². The number of hydrogen-bond donors (Lipinski definition) is 0. The van der Waals surface area contributed by atoms with E-state index < -0.39 is 16.5 Å². The van der Waals surface area contributed by atoms with Crippen molar-refractivity contribution in [3.8, 4) is 6.07 Å². The van der Waals surface area contributed by atoms with Gasteiger partial charge in [-0.25, -0.2) is 9.20 Å². The Kier molecular flexibility index (Phi) is 5.00. The van der Waals surface area contributed by atoms with E-state index in [0.29, 0.717) is 17.9 Å². The molecule has 0 N–H and O–H groups in total. The Hall–Kier alpha value is -2.04. The highest BCUT2D eigenvalue weighted by atomic mass is 32.2. The van der Waals surface area contributed by atoms with Crippen molar-refractivity contribution in [2.24, 2.45) is 21.9 Å². The quantitative estimate of drug-likeness (QED) is 0.433. The monoisotopic (exact) mass is 374 g/mol. The smallest absolute Gasteiger partial charge is 0.203 e. The third kappa shape index (κ3) is 3.08. The Morgan fingerprint density at radius 3 is 2.62 bits per heavy atom. The maximum atomic E-state index is 12.4. The van der Waals surface area contributed by atoms with Gasteiger partial charge in [0, 0.05) is 17.4 Å². The molecule has 7 heteroatoms. The highest BCUT2D eigenvalue weighted by Gasteiger charge is 2.64. The number of aryl methyl sites for hydroxylation is 1. The molecule has 0 radical (unpaired) electrons. The number of oxime groups is 1. The fourth-order valence-electron chi connectivity index (χ4n) is 4.27. The van der Waals surface area contributed by atoms with E-state index in [-0.39, 0.29) is 22.7 Å². The molecule has 6 nitrogen and oxygen atoms in total. The van der Waals surface area contributed by atoms with E-state index in [9.17, 15) is 14.3 Å². The summed E-state index contributed by atoms with van der Waals surface area (Å²) in [4.78, 5) is 17.2. The van der Waals surface area contributed by atoms with Crippen LogP contribution in [-0.2, 0) is 25.2 Å². The van der Waals surface area contributed by atoms with Crippen LogP contribution in [-0.4, -0.2) is 21.5 Å². The Morgan fingerprint density at radius 2 is 2.08 bits per heavy atom. The molecule has 1 aromatic carbocycles. The number of carbonyl (C=O) groups is 1. The zero-order valence-corrected chi connectivity index (χ0v) is 16.0. The fourth-order valence-corrected chi connectivity index (χ4v) is 5.50. The molecule has 3 atom stereocenters. The molecule has 1 aromatic rings. The first-order valence-electron chi connectivity index (χ1n) is 8.61. The molecule has 2 aliphatic carbocycles. The van der Waals surface area contributed by atoms with Gasteiger partial charge >= 0.3 is 0 Å². The number of Topliss-reactive ketones (excluding diaryl/α,β-unsaturated/α-hetero) is 1. The topological polar surface area (TPSA) is 88.8 Å². The minimum Gasteiger partial charge on any atom is -0.299 e. The number of nitriles is 1. The molecule has 0 saturated heterocycles. The van der Waals surface area contributed by atoms with Gasteiger partial charge in [-0.2, -0.15) is 5.26 Å². The van der Waals surface area contributed by atoms with Gasteiger partial charge in [-0.15, -0.1) is 0 Å². The lowest BCUT2D eigenvalue weighted by molar-refractivity contribution is -0.197. The van der Waals surface area contributed by atoms with Crippen molar-refractivity contribution >= 4 is 22.6 Å². The Balaban J connectivity index is 1.63. The second kappa shape index (κ2) is 6.93. The molecule has 0 aliphatic heterocycles. The van der Waals surface area contributed by atoms with Gasteiger partial charge in [0.1, 0.15) is 11.9 Å². The number of nitrogens with zero attached hydrogens (tertiary/aromatic N) is 2. The first kappa shape index (κ1) is 18.7. The average molecular weight is 374 g/mol. The molecule has 2 saturated carbocycles. The van der Waals surface area contributed by atoms with E-state index in [2.05, 4.69) is 19.0 Å². The molecule has 0 amide bonds. The van der Waals surface area contributed by atoms with Crippen LogP contribution in [0.2, 0.25) is 0 Å². The maximum absolute atomic E-state index is 12.4. The van der Waals surface area contributed by atoms with Crippen molar-refractivity contribution in [2.75, 3.05) is 5.75 Å². The third-order valence-electron chi connectivity index (χ3n) is 6.17. The van der Waals surface area contributed by atoms with Crippen molar-refractivity contribution in [3.05, 3.63) is 35.4 Å². The minimum absolute atomic E-state index is 0.0263. The van der Waals surface area contributed by atoms with Gasteiger partial charge in [0.05, 0.1) is 5.75 Å². The molecule has 0 heterocycles. The lowest BCUT2D eigenvalue weighted by Gasteiger charge is -2.35. The van der Waals surface area contributed by atoms with Crippen molar-refractivity contribution < 1.29 is 18.3 Å². The summed E-state index contributed by atoms with van der Waals surface area (Å²) in [6.07, 6.45) is 2.25. The molecule has 3 unspecified atom stereocenters. The summed E-state index contributed by atoms with van der Waals surface area (Å²) < 4.78 is 17.2. The molecule has 0 spiro atoms. The largest absolute Gasteiger partial charge is 0.299 e. The summed E-state index contributed by atoms with van der Waals surface area (Å²) in [6.45, 7) is 6.07. The molecule has 0 aromatic heterocycles. The van der Waals surface area contributed by atoms with Crippen molar-refractivity contribution in [2.45, 2.75) is 40.0 Å². The predicted molar refractivity (Wildman–Crippen MR) is 97.1 cm³/mol. The SMILES string of the molecule is Cc1ccc(C(C#N)=NOOS(=O)CC23CCC(CC2=O)C3(C)C)cc1. The normalized spacial score (nSPS) is 28.0. The predicted octanol–water partition coefficient (Wildman–Crippen LogP) is 3.23. The summed E-state index contributed by atoms with van der Waals surface area (Å²) in [5, 5.41) is 12.8. The Bertz CT molecular complexity index is 810. The van der Waals surface area contributed by atoms with E-state index >= 15 is 0 Å². The summed E-state index contributed by atoms with van der Waals surface area (Å²) in [7, 11) is 0. The Labute approximate surface area is 155 Å². The standard InChI is InChI=1S/C19H22N2O4S/c1-13-4-6-14(7-5-13)16(11-20)21-24-25-26(23)12-19-9-8-15(10-17(19)22)18(19,2)3/h4-7,15H,8-10,12H2,1-3H3. The van der Waals surface area contributed by atoms with E-state index in [1.54, 1.807) is 12.1 Å². The Morgan fingerprint density at radius 1 is 1.38 bits per heavy atom. The van der Waals surface area contributed by atoms with Crippen molar-refractivity contribution in [1.29, 1.82) is 5.26 Å². The molecule has 2 bridgehead atoms. The van der Waals surface area contributed by atoms with Gasteiger partial charge in [-0.05, 0) is 36.3 Å². The number of rotatable bonds is 6. The third-order valence-corrected chi connectivity index (χ3v) is 7.11. The van der Waals surface area contributed by atoms with Crippen molar-refractivity contribution in [1.82, 2.24) is 0 Å². The maximum Gasteiger partial charge on any atom is 0.203 e. The summed E-state index contributed by atoms with van der Waals surface area (Å²) in [5.74, 6) is 0.603. The lowest BCUT2D eigenvalue weighted by Crippen LogP contribution is -2.41. The molecular formula is C19H22N2O4S. The second-order valence-corrected chi connectivity index (χ2v) is 8.71. The van der Waals surface area contributed by atoms with Gasteiger partial charge in [0.2, 0.25) is 11.1 Å². The first-order valence-corrected chi connectivity index (χ1v) is 9.85. The molecule has 2 fully saturated rings. The van der Waals surface area contributed by atoms with E-state index in [1.165, 1.54) is 0 Å². The van der Waals surface area contributed by atoms with Crippen LogP contribution in [0.25, 0.3) is 0 Å². The van der Waals surface area contributed by atoms with Crippen LogP contribution in [0.5, 0.6) is 0 Å². The number of benzene rings is 1. The van der Waals surface area contributed by atoms with E-state index in [4.69, 9.17) is 9.32 Å². The number of hydrogen-bond acceptors (Lipinski definition) is 6. The van der Waals surface area contributed by atoms with Gasteiger partial charge in [-0.3, -0.25) is 4.79 Å². The van der Waals surface area contributed by atoms with Crippen molar-refractivity contribution in [3.63, 3.8) is 0 Å². The average Bonchev–Trinajstić information content (AvgIpc) is 2.94. The molecule has 2 aliphatic rings. The van der Waals surface area contributed by atoms with Gasteiger partial charge in [0.25, 0.3) is 0 Å². The summed E-state index contributed by atoms with van der Waals surface area (Å²) >= 11 is -1.83. The van der Waals surface area contributed by atoms with Crippen LogP contribution < -0.4 is 0 Å². The molecular weight excluding hydrogens is 352 g/mol. The van der Waals surface area contributed by atoms with Crippen LogP contribution in [0.15, 0.2) is 29.4 Å².